The first kappa shape index (κ1) is 11.2. The van der Waals surface area contributed by atoms with E-state index < -0.39 is 0 Å². The molecule has 86 valence electrons. The van der Waals surface area contributed by atoms with Crippen molar-refractivity contribution >= 4 is 6.29 Å². The third-order valence-corrected chi connectivity index (χ3v) is 3.29. The molecule has 2 unspecified atom stereocenters. The van der Waals surface area contributed by atoms with Crippen molar-refractivity contribution in [3.8, 4) is 5.75 Å². The lowest BCUT2D eigenvalue weighted by Crippen LogP contribution is -2.15. The number of rotatable bonds is 4. The van der Waals surface area contributed by atoms with Crippen molar-refractivity contribution in [1.82, 2.24) is 0 Å². The second-order valence-corrected chi connectivity index (χ2v) is 4.56. The van der Waals surface area contributed by atoms with Gasteiger partial charge in [-0.25, -0.2) is 0 Å². The van der Waals surface area contributed by atoms with Crippen LogP contribution in [0.4, 0.5) is 0 Å². The van der Waals surface area contributed by atoms with Gasteiger partial charge in [-0.15, -0.1) is 0 Å². The number of aldehydes is 1. The minimum absolute atomic E-state index is 0.176. The maximum atomic E-state index is 10.6. The lowest BCUT2D eigenvalue weighted by Gasteiger charge is -2.26. The van der Waals surface area contributed by atoms with Gasteiger partial charge in [0.25, 0.3) is 0 Å². The Morgan fingerprint density at radius 3 is 3.12 bits per heavy atom. The Bertz CT molecular complexity index is 360. The van der Waals surface area contributed by atoms with Crippen LogP contribution in [0.3, 0.4) is 0 Å². The molecule has 2 nitrogen and oxygen atoms in total. The van der Waals surface area contributed by atoms with Crippen molar-refractivity contribution < 1.29 is 9.53 Å². The molecule has 0 saturated heterocycles. The van der Waals surface area contributed by atoms with Crippen molar-refractivity contribution in [3.63, 3.8) is 0 Å². The third-order valence-electron chi connectivity index (χ3n) is 3.29. The highest BCUT2D eigenvalue weighted by Gasteiger charge is 2.21. The molecule has 2 atom stereocenters. The zero-order chi connectivity index (χ0) is 11.4. The monoisotopic (exact) mass is 218 g/mol. The molecule has 0 saturated carbocycles. The van der Waals surface area contributed by atoms with Crippen molar-refractivity contribution in [1.29, 1.82) is 0 Å². The smallest absolute Gasteiger partial charge is 0.122 e. The van der Waals surface area contributed by atoms with Crippen LogP contribution in [0, 0.1) is 5.92 Å². The van der Waals surface area contributed by atoms with Gasteiger partial charge in [0, 0.05) is 5.92 Å². The molecular formula is C14H18O2. The van der Waals surface area contributed by atoms with Gasteiger partial charge >= 0.3 is 0 Å². The maximum Gasteiger partial charge on any atom is 0.122 e. The fourth-order valence-electron chi connectivity index (χ4n) is 2.25. The topological polar surface area (TPSA) is 26.3 Å². The molecular weight excluding hydrogens is 200 g/mol. The van der Waals surface area contributed by atoms with Gasteiger partial charge in [0.1, 0.15) is 12.0 Å². The first-order valence-corrected chi connectivity index (χ1v) is 5.98. The van der Waals surface area contributed by atoms with Gasteiger partial charge in [-0.1, -0.05) is 25.1 Å². The molecule has 1 aliphatic rings. The summed E-state index contributed by atoms with van der Waals surface area (Å²) in [4.78, 5) is 10.6. The lowest BCUT2D eigenvalue weighted by atomic mass is 9.87. The van der Waals surface area contributed by atoms with Crippen LogP contribution in [-0.4, -0.2) is 12.9 Å². The fourth-order valence-corrected chi connectivity index (χ4v) is 2.25. The highest BCUT2D eigenvalue weighted by Crippen LogP contribution is 2.36. The summed E-state index contributed by atoms with van der Waals surface area (Å²) in [7, 11) is 0. The average Bonchev–Trinajstić information content (AvgIpc) is 2.35. The van der Waals surface area contributed by atoms with Crippen LogP contribution < -0.4 is 4.74 Å². The molecule has 0 N–H and O–H groups in total. The summed E-state index contributed by atoms with van der Waals surface area (Å²) >= 11 is 0. The van der Waals surface area contributed by atoms with E-state index in [2.05, 4.69) is 12.1 Å². The molecule has 1 aliphatic heterocycles. The first-order chi connectivity index (χ1) is 7.81. The molecule has 0 amide bonds. The molecule has 0 aliphatic carbocycles. The second kappa shape index (κ2) is 5.15. The van der Waals surface area contributed by atoms with E-state index in [4.69, 9.17) is 4.74 Å². The SMILES string of the molecule is CC(C=O)CCC1CCOc2ccccc21. The molecule has 1 aromatic rings. The van der Waals surface area contributed by atoms with Crippen molar-refractivity contribution in [2.45, 2.75) is 32.1 Å². The van der Waals surface area contributed by atoms with E-state index in [9.17, 15) is 4.79 Å². The minimum Gasteiger partial charge on any atom is -0.493 e. The quantitative estimate of drug-likeness (QED) is 0.725. The fraction of sp³-hybridized carbons (Fsp3) is 0.500. The standard InChI is InChI=1S/C14H18O2/c1-11(10-15)6-7-12-8-9-16-14-5-3-2-4-13(12)14/h2-5,10-12H,6-9H2,1H3. The Hall–Kier alpha value is -1.31. The van der Waals surface area contributed by atoms with E-state index in [0.29, 0.717) is 5.92 Å². The molecule has 16 heavy (non-hydrogen) atoms. The Balaban J connectivity index is 2.04. The predicted molar refractivity (Wildman–Crippen MR) is 63.8 cm³/mol. The molecule has 2 rings (SSSR count). The minimum atomic E-state index is 0.176. The Morgan fingerprint density at radius 1 is 1.50 bits per heavy atom. The summed E-state index contributed by atoms with van der Waals surface area (Å²) < 4.78 is 5.62. The Kier molecular flexibility index (Phi) is 3.60. The van der Waals surface area contributed by atoms with Crippen LogP contribution >= 0.6 is 0 Å². The summed E-state index contributed by atoms with van der Waals surface area (Å²) in [5.74, 6) is 1.76. The van der Waals surface area contributed by atoms with E-state index >= 15 is 0 Å². The van der Waals surface area contributed by atoms with Crippen molar-refractivity contribution in [2.24, 2.45) is 5.92 Å². The number of fused-ring (bicyclic) bond motifs is 1. The van der Waals surface area contributed by atoms with Crippen LogP contribution in [-0.2, 0) is 4.79 Å². The van der Waals surface area contributed by atoms with Gasteiger partial charge in [0.05, 0.1) is 6.61 Å². The number of hydrogen-bond acceptors (Lipinski definition) is 2. The van der Waals surface area contributed by atoms with Gasteiger partial charge in [-0.05, 0) is 36.8 Å². The first-order valence-electron chi connectivity index (χ1n) is 5.98. The number of ether oxygens (including phenoxy) is 1. The van der Waals surface area contributed by atoms with Gasteiger partial charge in [0.15, 0.2) is 0 Å². The molecule has 0 radical (unpaired) electrons. The zero-order valence-corrected chi connectivity index (χ0v) is 9.69. The van der Waals surface area contributed by atoms with Crippen molar-refractivity contribution in [3.05, 3.63) is 29.8 Å². The molecule has 0 aromatic heterocycles. The molecule has 0 fully saturated rings. The summed E-state index contributed by atoms with van der Waals surface area (Å²) in [5, 5.41) is 0. The third kappa shape index (κ3) is 2.43. The highest BCUT2D eigenvalue weighted by molar-refractivity contribution is 5.52. The number of hydrogen-bond donors (Lipinski definition) is 0. The molecule has 0 bridgehead atoms. The molecule has 1 heterocycles. The maximum absolute atomic E-state index is 10.6. The number of benzene rings is 1. The van der Waals surface area contributed by atoms with Crippen LogP contribution in [0.25, 0.3) is 0 Å². The van der Waals surface area contributed by atoms with E-state index in [0.717, 1.165) is 37.9 Å². The van der Waals surface area contributed by atoms with Gasteiger partial charge in [0.2, 0.25) is 0 Å². The van der Waals surface area contributed by atoms with E-state index in [1.807, 2.05) is 19.1 Å². The largest absolute Gasteiger partial charge is 0.493 e. The average molecular weight is 218 g/mol. The zero-order valence-electron chi connectivity index (χ0n) is 9.69. The summed E-state index contributed by atoms with van der Waals surface area (Å²) in [6.07, 6.45) is 4.18. The van der Waals surface area contributed by atoms with E-state index in [1.54, 1.807) is 0 Å². The van der Waals surface area contributed by atoms with Crippen LogP contribution in [0.2, 0.25) is 0 Å². The second-order valence-electron chi connectivity index (χ2n) is 4.56. The normalized spacial score (nSPS) is 20.7. The summed E-state index contributed by atoms with van der Waals surface area (Å²) in [6, 6.07) is 8.24. The number of carbonyl (C=O) groups excluding carboxylic acids is 1. The predicted octanol–water partition coefficient (Wildman–Crippen LogP) is 3.17. The number of carbonyl (C=O) groups is 1. The van der Waals surface area contributed by atoms with E-state index in [-0.39, 0.29) is 5.92 Å². The highest BCUT2D eigenvalue weighted by atomic mass is 16.5. The van der Waals surface area contributed by atoms with Crippen LogP contribution in [0.15, 0.2) is 24.3 Å². The Labute approximate surface area is 96.6 Å². The van der Waals surface area contributed by atoms with Crippen molar-refractivity contribution in [2.75, 3.05) is 6.61 Å². The molecule has 0 spiro atoms. The lowest BCUT2D eigenvalue weighted by molar-refractivity contribution is -0.110. The van der Waals surface area contributed by atoms with Crippen LogP contribution in [0.5, 0.6) is 5.75 Å². The Morgan fingerprint density at radius 2 is 2.31 bits per heavy atom. The van der Waals surface area contributed by atoms with Crippen LogP contribution in [0.1, 0.15) is 37.7 Å². The molecule has 1 aromatic carbocycles. The van der Waals surface area contributed by atoms with Gasteiger partial charge in [-0.2, -0.15) is 0 Å². The number of para-hydroxylation sites is 1. The van der Waals surface area contributed by atoms with E-state index in [1.165, 1.54) is 5.56 Å². The summed E-state index contributed by atoms with van der Waals surface area (Å²) in [5.41, 5.74) is 1.31. The van der Waals surface area contributed by atoms with Gasteiger partial charge < -0.3 is 9.53 Å². The van der Waals surface area contributed by atoms with Gasteiger partial charge in [-0.3, -0.25) is 0 Å². The summed E-state index contributed by atoms with van der Waals surface area (Å²) in [6.45, 7) is 2.79. The molecule has 2 heteroatoms.